The van der Waals surface area contributed by atoms with E-state index in [4.69, 9.17) is 0 Å². The predicted molar refractivity (Wildman–Crippen MR) is 76.0 cm³/mol. The third-order valence-corrected chi connectivity index (χ3v) is 6.55. The van der Waals surface area contributed by atoms with E-state index in [0.717, 1.165) is 25.7 Å². The van der Waals surface area contributed by atoms with Crippen LogP contribution < -0.4 is 10.6 Å². The normalized spacial score (nSPS) is 27.9. The van der Waals surface area contributed by atoms with Crippen molar-refractivity contribution in [3.63, 3.8) is 0 Å². The summed E-state index contributed by atoms with van der Waals surface area (Å²) in [5, 5.41) is 15.1. The van der Waals surface area contributed by atoms with Gasteiger partial charge < -0.3 is 15.7 Å². The molecule has 3 N–H and O–H groups in total. The molecule has 116 valence electrons. The zero-order valence-corrected chi connectivity index (χ0v) is 12.5. The van der Waals surface area contributed by atoms with Crippen molar-refractivity contribution in [2.24, 2.45) is 5.92 Å². The maximum absolute atomic E-state index is 12.0. The van der Waals surface area contributed by atoms with E-state index in [0.29, 0.717) is 19.6 Å². The van der Waals surface area contributed by atoms with E-state index in [1.54, 1.807) is 0 Å². The van der Waals surface area contributed by atoms with Gasteiger partial charge in [-0.05, 0) is 12.8 Å². The third-order valence-electron chi connectivity index (χ3n) is 4.29. The first kappa shape index (κ1) is 15.7. The lowest BCUT2D eigenvalue weighted by Gasteiger charge is -2.15. The van der Waals surface area contributed by atoms with Gasteiger partial charge in [0.2, 0.25) is 5.91 Å². The average molecular weight is 304 g/mol. The second-order valence-electron chi connectivity index (χ2n) is 5.81. The molecule has 1 amide bonds. The fourth-order valence-electron chi connectivity index (χ4n) is 2.91. The quantitative estimate of drug-likeness (QED) is 0.611. The maximum Gasteiger partial charge on any atom is 0.221 e. The van der Waals surface area contributed by atoms with E-state index in [2.05, 4.69) is 10.6 Å². The summed E-state index contributed by atoms with van der Waals surface area (Å²) in [6.07, 6.45) is 3.02. The minimum absolute atomic E-state index is 0.0189. The van der Waals surface area contributed by atoms with Crippen LogP contribution in [0.5, 0.6) is 0 Å². The van der Waals surface area contributed by atoms with Crippen molar-refractivity contribution >= 4 is 15.7 Å². The Morgan fingerprint density at radius 2 is 1.95 bits per heavy atom. The molecule has 2 unspecified atom stereocenters. The van der Waals surface area contributed by atoms with E-state index in [1.807, 2.05) is 0 Å². The number of carbonyl (C=O) groups is 1. The molecule has 1 saturated carbocycles. The summed E-state index contributed by atoms with van der Waals surface area (Å²) in [5.74, 6) is -0.286. The van der Waals surface area contributed by atoms with Crippen LogP contribution in [0.2, 0.25) is 0 Å². The van der Waals surface area contributed by atoms with Crippen LogP contribution in [-0.2, 0) is 14.6 Å². The number of aliphatic hydroxyl groups is 1. The van der Waals surface area contributed by atoms with Crippen molar-refractivity contribution in [3.8, 4) is 0 Å². The molecule has 1 heterocycles. The van der Waals surface area contributed by atoms with Gasteiger partial charge in [-0.2, -0.15) is 0 Å². The smallest absolute Gasteiger partial charge is 0.221 e. The van der Waals surface area contributed by atoms with Gasteiger partial charge in [0.25, 0.3) is 0 Å². The Bertz CT molecular complexity index is 432. The van der Waals surface area contributed by atoms with Crippen LogP contribution in [0, 0.1) is 5.92 Å². The summed E-state index contributed by atoms with van der Waals surface area (Å²) in [4.78, 5) is 11.7. The van der Waals surface area contributed by atoms with Gasteiger partial charge in [-0.3, -0.25) is 4.79 Å². The summed E-state index contributed by atoms with van der Waals surface area (Å²) < 4.78 is 24.0. The Hall–Kier alpha value is -0.660. The van der Waals surface area contributed by atoms with Crippen molar-refractivity contribution in [3.05, 3.63) is 0 Å². The molecule has 0 aromatic heterocycles. The molecular weight excluding hydrogens is 280 g/mol. The second-order valence-corrected chi connectivity index (χ2v) is 8.21. The first-order valence-corrected chi connectivity index (χ1v) is 9.07. The SMILES string of the molecule is O=C(CCS(=O)(=O)C1CCCC1)NCC1CNCC1O. The summed E-state index contributed by atoms with van der Waals surface area (Å²) in [6, 6.07) is 0. The number of hydrogen-bond acceptors (Lipinski definition) is 5. The number of amides is 1. The number of aliphatic hydroxyl groups excluding tert-OH is 1. The molecule has 1 aliphatic heterocycles. The molecule has 0 bridgehead atoms. The number of nitrogens with one attached hydrogen (secondary N) is 2. The van der Waals surface area contributed by atoms with Crippen molar-refractivity contribution in [2.75, 3.05) is 25.4 Å². The second kappa shape index (κ2) is 6.87. The van der Waals surface area contributed by atoms with Gasteiger partial charge in [-0.25, -0.2) is 8.42 Å². The minimum atomic E-state index is -3.13. The molecule has 7 heteroatoms. The molecule has 0 spiro atoms. The Labute approximate surface area is 120 Å². The Kier molecular flexibility index (Phi) is 5.40. The first-order valence-electron chi connectivity index (χ1n) is 7.36. The van der Waals surface area contributed by atoms with E-state index in [1.165, 1.54) is 0 Å². The van der Waals surface area contributed by atoms with E-state index >= 15 is 0 Å². The van der Waals surface area contributed by atoms with Crippen LogP contribution in [-0.4, -0.2) is 56.2 Å². The van der Waals surface area contributed by atoms with Crippen LogP contribution in [0.15, 0.2) is 0 Å². The van der Waals surface area contributed by atoms with Crippen LogP contribution >= 0.6 is 0 Å². The Morgan fingerprint density at radius 3 is 2.55 bits per heavy atom. The lowest BCUT2D eigenvalue weighted by Crippen LogP contribution is -2.35. The minimum Gasteiger partial charge on any atom is -0.391 e. The molecule has 6 nitrogen and oxygen atoms in total. The van der Waals surface area contributed by atoms with E-state index in [-0.39, 0.29) is 29.2 Å². The lowest BCUT2D eigenvalue weighted by molar-refractivity contribution is -0.120. The molecular formula is C13H24N2O4S. The highest BCUT2D eigenvalue weighted by atomic mass is 32.2. The number of sulfone groups is 1. The summed E-state index contributed by atoms with van der Waals surface area (Å²) in [7, 11) is -3.13. The Morgan fingerprint density at radius 1 is 1.25 bits per heavy atom. The first-order chi connectivity index (χ1) is 9.49. The fraction of sp³-hybridized carbons (Fsp3) is 0.923. The molecule has 20 heavy (non-hydrogen) atoms. The van der Waals surface area contributed by atoms with Crippen molar-refractivity contribution in [1.29, 1.82) is 0 Å². The van der Waals surface area contributed by atoms with Crippen molar-refractivity contribution < 1.29 is 18.3 Å². The zero-order chi connectivity index (χ0) is 14.6. The number of rotatable bonds is 6. The highest BCUT2D eigenvalue weighted by molar-refractivity contribution is 7.92. The number of hydrogen-bond donors (Lipinski definition) is 3. The topological polar surface area (TPSA) is 95.5 Å². The molecule has 2 aliphatic rings. The highest BCUT2D eigenvalue weighted by Crippen LogP contribution is 2.25. The van der Waals surface area contributed by atoms with Crippen molar-refractivity contribution in [1.82, 2.24) is 10.6 Å². The van der Waals surface area contributed by atoms with Gasteiger partial charge in [0.15, 0.2) is 9.84 Å². The van der Waals surface area contributed by atoms with Gasteiger partial charge in [0.05, 0.1) is 17.1 Å². The fourth-order valence-corrected chi connectivity index (χ4v) is 4.76. The summed E-state index contributed by atoms with van der Waals surface area (Å²) in [5.41, 5.74) is 0. The molecule has 2 fully saturated rings. The summed E-state index contributed by atoms with van der Waals surface area (Å²) in [6.45, 7) is 1.63. The lowest BCUT2D eigenvalue weighted by atomic mass is 10.1. The van der Waals surface area contributed by atoms with Crippen molar-refractivity contribution in [2.45, 2.75) is 43.5 Å². The van der Waals surface area contributed by atoms with E-state index < -0.39 is 15.9 Å². The van der Waals surface area contributed by atoms with Crippen LogP contribution in [0.1, 0.15) is 32.1 Å². The number of carbonyl (C=O) groups excluding carboxylic acids is 1. The van der Waals surface area contributed by atoms with E-state index in [9.17, 15) is 18.3 Å². The van der Waals surface area contributed by atoms with Crippen LogP contribution in [0.25, 0.3) is 0 Å². The third kappa shape index (κ3) is 4.17. The van der Waals surface area contributed by atoms with Gasteiger partial charge >= 0.3 is 0 Å². The predicted octanol–water partition coefficient (Wildman–Crippen LogP) is -0.570. The highest BCUT2D eigenvalue weighted by Gasteiger charge is 2.29. The zero-order valence-electron chi connectivity index (χ0n) is 11.7. The molecule has 1 aliphatic carbocycles. The molecule has 0 radical (unpaired) electrons. The standard InChI is InChI=1S/C13H24N2O4S/c16-12-9-14-7-10(12)8-15-13(17)5-6-20(18,19)11-3-1-2-4-11/h10-12,14,16H,1-9H2,(H,15,17). The molecule has 2 atom stereocenters. The monoisotopic (exact) mass is 304 g/mol. The largest absolute Gasteiger partial charge is 0.391 e. The number of β-amino-alcohol motifs (C(OH)–C–C–N with tert-alkyl or cyclic N) is 1. The molecule has 1 saturated heterocycles. The van der Waals surface area contributed by atoms with Crippen LogP contribution in [0.4, 0.5) is 0 Å². The Balaban J connectivity index is 1.69. The van der Waals surface area contributed by atoms with Gasteiger partial charge in [0.1, 0.15) is 0 Å². The van der Waals surface area contributed by atoms with Gasteiger partial charge in [0, 0.05) is 32.0 Å². The average Bonchev–Trinajstić information content (AvgIpc) is 3.05. The molecule has 2 rings (SSSR count). The summed E-state index contributed by atoms with van der Waals surface area (Å²) >= 11 is 0. The van der Waals surface area contributed by atoms with Gasteiger partial charge in [-0.1, -0.05) is 12.8 Å². The molecule has 0 aromatic carbocycles. The molecule has 0 aromatic rings. The van der Waals surface area contributed by atoms with Crippen LogP contribution in [0.3, 0.4) is 0 Å². The maximum atomic E-state index is 12.0. The van der Waals surface area contributed by atoms with Gasteiger partial charge in [-0.15, -0.1) is 0 Å².